The van der Waals surface area contributed by atoms with Gasteiger partial charge in [-0.15, -0.1) is 0 Å². The molecule has 0 aliphatic carbocycles. The fourth-order valence-electron chi connectivity index (χ4n) is 5.87. The van der Waals surface area contributed by atoms with Crippen molar-refractivity contribution in [3.05, 3.63) is 138 Å². The summed E-state index contributed by atoms with van der Waals surface area (Å²) in [5, 5.41) is 1.92. The molecule has 2 aliphatic rings. The Morgan fingerprint density at radius 3 is 1.95 bits per heavy atom. The number of fused-ring (bicyclic) bond motifs is 6. The van der Waals surface area contributed by atoms with Crippen molar-refractivity contribution in [2.45, 2.75) is 5.60 Å². The van der Waals surface area contributed by atoms with Crippen molar-refractivity contribution >= 4 is 28.7 Å². The molecule has 2 aliphatic heterocycles. The van der Waals surface area contributed by atoms with E-state index in [-0.39, 0.29) is 0 Å². The number of hydrazine groups is 1. The average Bonchev–Trinajstić information content (AvgIpc) is 3.34. The molecule has 0 bridgehead atoms. The number of para-hydroxylation sites is 3. The van der Waals surface area contributed by atoms with Crippen LogP contribution in [0, 0.1) is 0 Å². The van der Waals surface area contributed by atoms with Gasteiger partial charge in [0.15, 0.2) is 5.60 Å². The molecule has 7 nitrogen and oxygen atoms in total. The van der Waals surface area contributed by atoms with Crippen molar-refractivity contribution in [1.82, 2.24) is 0 Å². The summed E-state index contributed by atoms with van der Waals surface area (Å²) in [6.07, 6.45) is 0. The summed E-state index contributed by atoms with van der Waals surface area (Å²) in [5.74, 6) is 1.36. The van der Waals surface area contributed by atoms with E-state index in [2.05, 4.69) is 5.43 Å². The van der Waals surface area contributed by atoms with Crippen LogP contribution >= 0.6 is 0 Å². The largest absolute Gasteiger partial charge is 0.496 e. The van der Waals surface area contributed by atoms with E-state index in [9.17, 15) is 4.79 Å². The molecule has 0 amide bonds. The van der Waals surface area contributed by atoms with Crippen LogP contribution in [-0.4, -0.2) is 27.2 Å². The number of rotatable bonds is 6. The normalized spacial score (nSPS) is 13.7. The monoisotopic (exact) mass is 555 g/mol. The summed E-state index contributed by atoms with van der Waals surface area (Å²) < 4.78 is 18.7. The lowest BCUT2D eigenvalue weighted by Crippen LogP contribution is -2.33. The molecule has 0 saturated carbocycles. The number of carbonyl (C=O) groups is 1. The zero-order valence-corrected chi connectivity index (χ0v) is 23.5. The van der Waals surface area contributed by atoms with E-state index < -0.39 is 11.6 Å². The molecule has 7 rings (SSSR count). The fourth-order valence-corrected chi connectivity index (χ4v) is 5.87. The Morgan fingerprint density at radius 2 is 1.33 bits per heavy atom. The Kier molecular flexibility index (Phi) is 6.01. The molecule has 0 aromatic heterocycles. The highest BCUT2D eigenvalue weighted by atomic mass is 16.6. The van der Waals surface area contributed by atoms with Crippen LogP contribution in [0.25, 0.3) is 0 Å². The molecular weight excluding hydrogens is 526 g/mol. The summed E-state index contributed by atoms with van der Waals surface area (Å²) in [6, 6.07) is 37.1. The van der Waals surface area contributed by atoms with Gasteiger partial charge in [-0.1, -0.05) is 54.6 Å². The Hall–Kier alpha value is -5.43. The summed E-state index contributed by atoms with van der Waals surface area (Å²) >= 11 is 0. The lowest BCUT2D eigenvalue weighted by molar-refractivity contribution is 0.0220. The van der Waals surface area contributed by atoms with E-state index in [4.69, 9.17) is 14.2 Å². The Bertz CT molecular complexity index is 1760. The van der Waals surface area contributed by atoms with Crippen molar-refractivity contribution in [3.8, 4) is 17.2 Å². The van der Waals surface area contributed by atoms with Gasteiger partial charge in [0, 0.05) is 30.9 Å². The van der Waals surface area contributed by atoms with Gasteiger partial charge >= 0.3 is 5.97 Å². The number of carbonyl (C=O) groups excluding carboxylic acids is 1. The molecule has 1 spiro atoms. The molecule has 0 atom stereocenters. The van der Waals surface area contributed by atoms with Gasteiger partial charge in [-0.3, -0.25) is 10.4 Å². The maximum atomic E-state index is 14.2. The molecule has 2 heterocycles. The molecule has 0 radical (unpaired) electrons. The van der Waals surface area contributed by atoms with Crippen molar-refractivity contribution in [1.29, 1.82) is 0 Å². The van der Waals surface area contributed by atoms with Crippen molar-refractivity contribution in [2.24, 2.45) is 0 Å². The van der Waals surface area contributed by atoms with E-state index >= 15 is 0 Å². The smallest absolute Gasteiger partial charge is 0.342 e. The molecule has 42 heavy (non-hydrogen) atoms. The maximum absolute atomic E-state index is 14.2. The third-order valence-corrected chi connectivity index (χ3v) is 7.80. The van der Waals surface area contributed by atoms with Crippen LogP contribution in [0.1, 0.15) is 27.0 Å². The zero-order valence-electron chi connectivity index (χ0n) is 23.5. The molecule has 208 valence electrons. The molecule has 0 fully saturated rings. The number of esters is 1. The number of ether oxygens (including phenoxy) is 3. The third kappa shape index (κ3) is 3.85. The first kappa shape index (κ1) is 25.5. The van der Waals surface area contributed by atoms with Crippen LogP contribution in [0.15, 0.2) is 115 Å². The highest BCUT2D eigenvalue weighted by Gasteiger charge is 2.56. The van der Waals surface area contributed by atoms with E-state index in [0.29, 0.717) is 34.1 Å². The van der Waals surface area contributed by atoms with Gasteiger partial charge in [-0.05, 0) is 60.7 Å². The Labute approximate surface area is 244 Å². The van der Waals surface area contributed by atoms with Crippen LogP contribution in [0.3, 0.4) is 0 Å². The quantitative estimate of drug-likeness (QED) is 0.172. The molecule has 5 aromatic rings. The number of hydrogen-bond acceptors (Lipinski definition) is 7. The highest BCUT2D eigenvalue weighted by Crippen LogP contribution is 2.59. The SMILES string of the molecule is COc1ccc(N(Nc2ccc(N(C)C)cc2)c2ccccc2)c2c1C1(OC2=O)c2ccccc2Oc2ccccc21. The number of anilines is 4. The van der Waals surface area contributed by atoms with Crippen molar-refractivity contribution in [3.63, 3.8) is 0 Å². The number of nitrogens with zero attached hydrogens (tertiary/aromatic N) is 2. The first-order valence-corrected chi connectivity index (χ1v) is 13.7. The van der Waals surface area contributed by atoms with Gasteiger partial charge < -0.3 is 19.1 Å². The molecule has 0 unspecified atom stereocenters. The van der Waals surface area contributed by atoms with Gasteiger partial charge in [0.25, 0.3) is 0 Å². The first-order chi connectivity index (χ1) is 20.5. The molecule has 7 heteroatoms. The predicted molar refractivity (Wildman–Crippen MR) is 164 cm³/mol. The molecule has 5 aromatic carbocycles. The molecular formula is C35H29N3O4. The third-order valence-electron chi connectivity index (χ3n) is 7.80. The minimum Gasteiger partial charge on any atom is -0.496 e. The minimum atomic E-state index is -1.26. The Morgan fingerprint density at radius 1 is 0.714 bits per heavy atom. The van der Waals surface area contributed by atoms with Gasteiger partial charge in [-0.25, -0.2) is 4.79 Å². The second-order valence-corrected chi connectivity index (χ2v) is 10.4. The predicted octanol–water partition coefficient (Wildman–Crippen LogP) is 7.49. The van der Waals surface area contributed by atoms with E-state index in [0.717, 1.165) is 28.2 Å². The fraction of sp³-hybridized carbons (Fsp3) is 0.114. The van der Waals surface area contributed by atoms with E-state index in [1.54, 1.807) is 7.11 Å². The lowest BCUT2D eigenvalue weighted by atomic mass is 9.77. The van der Waals surface area contributed by atoms with Crippen LogP contribution < -0.4 is 24.8 Å². The average molecular weight is 556 g/mol. The topological polar surface area (TPSA) is 63.3 Å². The van der Waals surface area contributed by atoms with Gasteiger partial charge in [0.05, 0.1) is 35.3 Å². The second-order valence-electron chi connectivity index (χ2n) is 10.4. The summed E-state index contributed by atoms with van der Waals surface area (Å²) in [4.78, 5) is 16.2. The number of benzene rings is 5. The molecule has 0 saturated heterocycles. The zero-order chi connectivity index (χ0) is 28.8. The second kappa shape index (κ2) is 9.89. The minimum absolute atomic E-state index is 0.419. The lowest BCUT2D eigenvalue weighted by Gasteiger charge is -2.37. The van der Waals surface area contributed by atoms with E-state index in [1.807, 2.05) is 139 Å². The van der Waals surface area contributed by atoms with Crippen LogP contribution in [0.4, 0.5) is 22.7 Å². The summed E-state index contributed by atoms with van der Waals surface area (Å²) in [6.45, 7) is 0. The summed E-state index contributed by atoms with van der Waals surface area (Å²) in [7, 11) is 5.63. The standard InChI is InChI=1S/C35H29N3O4/c1-37(2)24-19-17-23(18-20-24)36-38(25-11-5-4-6-12-25)28-21-22-31(40-3)33-32(28)34(39)42-35(33)26-13-7-9-15-29(26)41-30-16-10-8-14-27(30)35/h4-22,36H,1-3H3. The molecule has 1 N–H and O–H groups in total. The van der Waals surface area contributed by atoms with Gasteiger partial charge in [0.1, 0.15) is 17.2 Å². The highest BCUT2D eigenvalue weighted by molar-refractivity contribution is 6.04. The summed E-state index contributed by atoms with van der Waals surface area (Å²) in [5.41, 5.74) is 8.25. The van der Waals surface area contributed by atoms with Crippen LogP contribution in [-0.2, 0) is 10.3 Å². The van der Waals surface area contributed by atoms with Crippen molar-refractivity contribution < 1.29 is 19.0 Å². The van der Waals surface area contributed by atoms with Crippen LogP contribution in [0.2, 0.25) is 0 Å². The van der Waals surface area contributed by atoms with Gasteiger partial charge in [-0.2, -0.15) is 0 Å². The number of nitrogens with one attached hydrogen (secondary N) is 1. The van der Waals surface area contributed by atoms with Gasteiger partial charge in [0.2, 0.25) is 0 Å². The first-order valence-electron chi connectivity index (χ1n) is 13.7. The van der Waals surface area contributed by atoms with Crippen molar-refractivity contribution in [2.75, 3.05) is 36.5 Å². The van der Waals surface area contributed by atoms with Crippen LogP contribution in [0.5, 0.6) is 17.2 Å². The number of methoxy groups -OCH3 is 1. The number of hydrogen-bond donors (Lipinski definition) is 1. The Balaban J connectivity index is 1.47. The maximum Gasteiger partial charge on any atom is 0.342 e. The van der Waals surface area contributed by atoms with E-state index in [1.165, 1.54) is 0 Å².